The van der Waals surface area contributed by atoms with Gasteiger partial charge in [-0.15, -0.1) is 0 Å². The van der Waals surface area contributed by atoms with Gasteiger partial charge in [0.05, 0.1) is 22.5 Å². The van der Waals surface area contributed by atoms with Crippen LogP contribution in [-0.4, -0.2) is 15.9 Å². The van der Waals surface area contributed by atoms with E-state index in [1.54, 1.807) is 0 Å². The molecule has 0 radical (unpaired) electrons. The van der Waals surface area contributed by atoms with Crippen molar-refractivity contribution in [1.82, 2.24) is 9.97 Å². The summed E-state index contributed by atoms with van der Waals surface area (Å²) in [6, 6.07) is 14.3. The molecular weight excluding hydrogens is 411 g/mol. The number of hydrogen-bond acceptors (Lipinski definition) is 4. The number of thioether (sulfide) groups is 1. The van der Waals surface area contributed by atoms with E-state index < -0.39 is 17.6 Å². The molecule has 144 valence electrons. The fourth-order valence-corrected chi connectivity index (χ4v) is 3.27. The number of para-hydroxylation sites is 1. The van der Waals surface area contributed by atoms with Crippen LogP contribution in [0, 0.1) is 0 Å². The maximum absolute atomic E-state index is 13.1. The van der Waals surface area contributed by atoms with Gasteiger partial charge in [0.15, 0.2) is 10.9 Å². The van der Waals surface area contributed by atoms with Gasteiger partial charge in [-0.25, -0.2) is 9.97 Å². The molecule has 0 fully saturated rings. The van der Waals surface area contributed by atoms with E-state index in [0.717, 1.165) is 11.6 Å². The maximum atomic E-state index is 13.1. The first-order valence-electron chi connectivity index (χ1n) is 8.01. The second-order valence-electron chi connectivity index (χ2n) is 5.62. The molecule has 0 unspecified atom stereocenters. The van der Waals surface area contributed by atoms with E-state index in [-0.39, 0.29) is 16.4 Å². The van der Waals surface area contributed by atoms with Crippen LogP contribution in [0.4, 0.5) is 18.9 Å². The zero-order valence-corrected chi connectivity index (χ0v) is 15.8. The molecule has 0 aliphatic heterocycles. The number of aromatic nitrogens is 2. The van der Waals surface area contributed by atoms with Gasteiger partial charge < -0.3 is 5.32 Å². The van der Waals surface area contributed by atoms with Gasteiger partial charge in [-0.1, -0.05) is 65.8 Å². The van der Waals surface area contributed by atoms with Gasteiger partial charge in [-0.2, -0.15) is 13.2 Å². The molecule has 1 aromatic heterocycles. The number of amides is 1. The minimum atomic E-state index is -4.60. The van der Waals surface area contributed by atoms with Gasteiger partial charge in [0, 0.05) is 5.75 Å². The van der Waals surface area contributed by atoms with Crippen LogP contribution in [0.5, 0.6) is 0 Å². The number of carbonyl (C=O) groups is 1. The van der Waals surface area contributed by atoms with E-state index in [1.165, 1.54) is 36.2 Å². The van der Waals surface area contributed by atoms with E-state index >= 15 is 0 Å². The van der Waals surface area contributed by atoms with E-state index in [9.17, 15) is 18.0 Å². The number of nitrogens with one attached hydrogen (secondary N) is 1. The van der Waals surface area contributed by atoms with Crippen LogP contribution in [0.25, 0.3) is 0 Å². The molecule has 4 nitrogen and oxygen atoms in total. The van der Waals surface area contributed by atoms with Crippen molar-refractivity contribution in [3.05, 3.63) is 82.6 Å². The zero-order valence-electron chi connectivity index (χ0n) is 14.2. The van der Waals surface area contributed by atoms with Crippen LogP contribution in [0.15, 0.2) is 66.0 Å². The van der Waals surface area contributed by atoms with Crippen LogP contribution >= 0.6 is 23.4 Å². The Morgan fingerprint density at radius 1 is 1.07 bits per heavy atom. The molecule has 28 heavy (non-hydrogen) atoms. The van der Waals surface area contributed by atoms with Crippen LogP contribution in [0.1, 0.15) is 21.6 Å². The van der Waals surface area contributed by atoms with E-state index in [2.05, 4.69) is 15.3 Å². The Bertz CT molecular complexity index is 984. The summed E-state index contributed by atoms with van der Waals surface area (Å²) in [5, 5.41) is 2.48. The third kappa shape index (κ3) is 5.02. The van der Waals surface area contributed by atoms with Gasteiger partial charge in [0.25, 0.3) is 5.91 Å². The van der Waals surface area contributed by atoms with Crippen LogP contribution in [-0.2, 0) is 11.9 Å². The SMILES string of the molecule is O=C(Nc1ccccc1C(F)(F)F)c1nc(SCc2ccccc2)ncc1Cl. The van der Waals surface area contributed by atoms with Crippen molar-refractivity contribution in [3.63, 3.8) is 0 Å². The second-order valence-corrected chi connectivity index (χ2v) is 6.97. The molecule has 1 amide bonds. The molecule has 0 bridgehead atoms. The predicted octanol–water partition coefficient (Wildman–Crippen LogP) is 5.69. The molecule has 2 aromatic carbocycles. The summed E-state index contributed by atoms with van der Waals surface area (Å²) in [7, 11) is 0. The van der Waals surface area contributed by atoms with Crippen molar-refractivity contribution in [2.45, 2.75) is 17.1 Å². The largest absolute Gasteiger partial charge is 0.418 e. The molecule has 9 heteroatoms. The van der Waals surface area contributed by atoms with Gasteiger partial charge in [0.1, 0.15) is 0 Å². The lowest BCUT2D eigenvalue weighted by molar-refractivity contribution is -0.136. The van der Waals surface area contributed by atoms with Crippen molar-refractivity contribution in [3.8, 4) is 0 Å². The number of halogens is 4. The number of hydrogen-bond donors (Lipinski definition) is 1. The fourth-order valence-electron chi connectivity index (χ4n) is 2.32. The Labute approximate surface area is 168 Å². The first-order valence-corrected chi connectivity index (χ1v) is 9.38. The number of rotatable bonds is 5. The highest BCUT2D eigenvalue weighted by atomic mass is 35.5. The van der Waals surface area contributed by atoms with Crippen LogP contribution in [0.3, 0.4) is 0 Å². The monoisotopic (exact) mass is 423 g/mol. The smallest absolute Gasteiger partial charge is 0.320 e. The topological polar surface area (TPSA) is 54.9 Å². The molecule has 0 aliphatic rings. The molecule has 1 heterocycles. The molecule has 3 rings (SSSR count). The number of nitrogens with zero attached hydrogens (tertiary/aromatic N) is 2. The predicted molar refractivity (Wildman–Crippen MR) is 102 cm³/mol. The number of anilines is 1. The molecular formula is C19H13ClF3N3OS. The lowest BCUT2D eigenvalue weighted by Crippen LogP contribution is -2.18. The standard InChI is InChI=1S/C19H13ClF3N3OS/c20-14-10-24-18(28-11-12-6-2-1-3-7-12)26-16(14)17(27)25-15-9-5-4-8-13(15)19(21,22)23/h1-10H,11H2,(H,25,27). The molecule has 0 spiro atoms. The summed E-state index contributed by atoms with van der Waals surface area (Å²) in [6.45, 7) is 0. The molecule has 3 aromatic rings. The van der Waals surface area contributed by atoms with Gasteiger partial charge in [-0.3, -0.25) is 4.79 Å². The Balaban J connectivity index is 1.79. The lowest BCUT2D eigenvalue weighted by atomic mass is 10.1. The highest BCUT2D eigenvalue weighted by Gasteiger charge is 2.33. The third-order valence-corrected chi connectivity index (χ3v) is 4.84. The minimum absolute atomic E-state index is 0.0500. The zero-order chi connectivity index (χ0) is 20.1. The minimum Gasteiger partial charge on any atom is -0.320 e. The summed E-state index contributed by atoms with van der Waals surface area (Å²) in [6.07, 6.45) is -3.34. The summed E-state index contributed by atoms with van der Waals surface area (Å²) in [5.41, 5.74) is -0.472. The first kappa shape index (κ1) is 20.2. The average Bonchev–Trinajstić information content (AvgIpc) is 2.67. The van der Waals surface area contributed by atoms with Crippen molar-refractivity contribution < 1.29 is 18.0 Å². The van der Waals surface area contributed by atoms with Gasteiger partial charge in [0.2, 0.25) is 0 Å². The highest BCUT2D eigenvalue weighted by Crippen LogP contribution is 2.35. The number of benzene rings is 2. The van der Waals surface area contributed by atoms with Gasteiger partial charge >= 0.3 is 6.18 Å². The summed E-state index contributed by atoms with van der Waals surface area (Å²) in [5.74, 6) is -0.272. The van der Waals surface area contributed by atoms with Crippen LogP contribution < -0.4 is 5.32 Å². The van der Waals surface area contributed by atoms with Crippen LogP contribution in [0.2, 0.25) is 5.02 Å². The normalized spacial score (nSPS) is 11.3. The Kier molecular flexibility index (Phi) is 6.21. The molecule has 0 atom stereocenters. The Morgan fingerprint density at radius 2 is 1.75 bits per heavy atom. The van der Waals surface area contributed by atoms with E-state index in [4.69, 9.17) is 11.6 Å². The quantitative estimate of drug-likeness (QED) is 0.423. The summed E-state index contributed by atoms with van der Waals surface area (Å²) < 4.78 is 39.3. The number of carbonyl (C=O) groups excluding carboxylic acids is 1. The van der Waals surface area contributed by atoms with E-state index in [1.807, 2.05) is 30.3 Å². The summed E-state index contributed by atoms with van der Waals surface area (Å²) >= 11 is 7.27. The highest BCUT2D eigenvalue weighted by molar-refractivity contribution is 7.98. The average molecular weight is 424 g/mol. The Hall–Kier alpha value is -2.58. The first-order chi connectivity index (χ1) is 13.3. The molecule has 0 aliphatic carbocycles. The molecule has 0 saturated heterocycles. The number of alkyl halides is 3. The second kappa shape index (κ2) is 8.62. The lowest BCUT2D eigenvalue weighted by Gasteiger charge is -2.13. The fraction of sp³-hybridized carbons (Fsp3) is 0.105. The summed E-state index contributed by atoms with van der Waals surface area (Å²) in [4.78, 5) is 20.6. The van der Waals surface area contributed by atoms with Crippen molar-refractivity contribution in [2.24, 2.45) is 0 Å². The van der Waals surface area contributed by atoms with E-state index in [0.29, 0.717) is 10.9 Å². The van der Waals surface area contributed by atoms with Crippen molar-refractivity contribution in [1.29, 1.82) is 0 Å². The van der Waals surface area contributed by atoms with Crippen molar-refractivity contribution >= 4 is 35.0 Å². The van der Waals surface area contributed by atoms with Crippen molar-refractivity contribution in [2.75, 3.05) is 5.32 Å². The van der Waals surface area contributed by atoms with Gasteiger partial charge in [-0.05, 0) is 17.7 Å². The molecule has 0 saturated carbocycles. The third-order valence-electron chi connectivity index (χ3n) is 3.63. The molecule has 1 N–H and O–H groups in total. The maximum Gasteiger partial charge on any atom is 0.418 e. The Morgan fingerprint density at radius 3 is 2.46 bits per heavy atom.